The van der Waals surface area contributed by atoms with Crippen LogP contribution in [0.3, 0.4) is 0 Å². The number of unbranched alkanes of at least 4 members (excludes halogenated alkanes) is 52. The Morgan fingerprint density at radius 2 is 0.651 bits per heavy atom. The predicted octanol–water partition coefficient (Wildman–Crippen LogP) is 23.9. The Kier molecular flexibility index (Phi) is 66.6. The molecule has 508 valence electrons. The lowest BCUT2D eigenvalue weighted by Gasteiger charge is -2.29. The third kappa shape index (κ3) is 69.9. The maximum Gasteiger partial charge on any atom is 0.268 e. The van der Waals surface area contributed by atoms with Crippen LogP contribution < -0.4 is 10.2 Å². The summed E-state index contributed by atoms with van der Waals surface area (Å²) in [5, 5.41) is 14.0. The summed E-state index contributed by atoms with van der Waals surface area (Å²) >= 11 is 0. The van der Waals surface area contributed by atoms with Crippen molar-refractivity contribution in [2.24, 2.45) is 0 Å². The highest BCUT2D eigenvalue weighted by Crippen LogP contribution is 2.38. The molecular weight excluding hydrogens is 1080 g/mol. The van der Waals surface area contributed by atoms with Crippen molar-refractivity contribution in [1.29, 1.82) is 0 Å². The summed E-state index contributed by atoms with van der Waals surface area (Å²) in [4.78, 5) is 25.7. The predicted molar refractivity (Wildman–Crippen MR) is 376 cm³/mol. The van der Waals surface area contributed by atoms with Crippen LogP contribution in [-0.2, 0) is 18.4 Å². The van der Waals surface area contributed by atoms with Crippen LogP contribution in [0.25, 0.3) is 0 Å². The number of aliphatic hydroxyl groups is 1. The fraction of sp³-hybridized carbons (Fsp3) is 0.883. The van der Waals surface area contributed by atoms with E-state index in [1.165, 1.54) is 321 Å². The summed E-state index contributed by atoms with van der Waals surface area (Å²) in [5.74, 6) is -0.204. The van der Waals surface area contributed by atoms with Crippen LogP contribution >= 0.6 is 7.82 Å². The second-order valence-electron chi connectivity index (χ2n) is 27.3. The number of quaternary nitrogens is 1. The molecule has 1 amide bonds. The molecule has 0 fully saturated rings. The van der Waals surface area contributed by atoms with Crippen molar-refractivity contribution >= 4 is 13.7 Å². The number of hydrogen-bond donors (Lipinski definition) is 2. The van der Waals surface area contributed by atoms with Gasteiger partial charge in [0.1, 0.15) is 13.2 Å². The van der Waals surface area contributed by atoms with E-state index in [9.17, 15) is 19.4 Å². The van der Waals surface area contributed by atoms with Crippen LogP contribution in [-0.4, -0.2) is 68.5 Å². The molecule has 9 heteroatoms. The molecule has 0 bridgehead atoms. The molecule has 0 aromatic rings. The zero-order valence-electron chi connectivity index (χ0n) is 58.3. The van der Waals surface area contributed by atoms with Gasteiger partial charge in [0.05, 0.1) is 39.9 Å². The van der Waals surface area contributed by atoms with Gasteiger partial charge >= 0.3 is 0 Å². The second kappa shape index (κ2) is 67.8. The van der Waals surface area contributed by atoms with Gasteiger partial charge in [0.2, 0.25) is 5.91 Å². The van der Waals surface area contributed by atoms with Crippen molar-refractivity contribution in [3.63, 3.8) is 0 Å². The molecule has 0 aromatic heterocycles. The lowest BCUT2D eigenvalue weighted by atomic mass is 10.0. The van der Waals surface area contributed by atoms with E-state index in [1.54, 1.807) is 6.08 Å². The van der Waals surface area contributed by atoms with E-state index in [1.807, 2.05) is 27.2 Å². The fourth-order valence-electron chi connectivity index (χ4n) is 11.6. The van der Waals surface area contributed by atoms with Gasteiger partial charge in [0.15, 0.2) is 0 Å². The number of carbonyl (C=O) groups excluding carboxylic acids is 1. The third-order valence-corrected chi connectivity index (χ3v) is 18.5. The minimum absolute atomic E-state index is 0.00775. The highest BCUT2D eigenvalue weighted by molar-refractivity contribution is 7.45. The van der Waals surface area contributed by atoms with Gasteiger partial charge in [-0.2, -0.15) is 0 Å². The summed E-state index contributed by atoms with van der Waals surface area (Å²) in [6.07, 6.45) is 92.8. The van der Waals surface area contributed by atoms with Gasteiger partial charge in [-0.1, -0.05) is 358 Å². The van der Waals surface area contributed by atoms with E-state index >= 15 is 0 Å². The molecule has 0 radical (unpaired) electrons. The van der Waals surface area contributed by atoms with Crippen LogP contribution in [0.15, 0.2) is 48.6 Å². The standard InChI is InChI=1S/C77H149N2O6P/c1-6-8-10-12-14-16-18-20-22-24-26-28-30-32-34-35-36-37-38-39-40-41-42-43-45-47-49-51-53-55-57-59-61-63-65-67-69-71-77(81)78-75(74-85-86(82,83)84-73-72-79(3,4)5)76(80)70-68-66-64-62-60-58-56-54-52-50-48-46-44-33-31-29-27-25-23-21-19-17-15-13-11-9-7-2/h24,26,52,54,60,62,68,70,75-76,80H,6-23,25,27-51,53,55-59,61,63-67,69,71-74H2,1-5H3,(H-,78,81,82,83)/b26-24-,54-52+,62-60+,70-68+. The van der Waals surface area contributed by atoms with E-state index in [0.29, 0.717) is 17.4 Å². The molecule has 0 aliphatic rings. The molecule has 2 N–H and O–H groups in total. The maximum absolute atomic E-state index is 13.1. The highest BCUT2D eigenvalue weighted by atomic mass is 31.2. The summed E-state index contributed by atoms with van der Waals surface area (Å²) in [7, 11) is 1.25. The average Bonchev–Trinajstić information content (AvgIpc) is 3.70. The van der Waals surface area contributed by atoms with Gasteiger partial charge in [-0.25, -0.2) is 0 Å². The van der Waals surface area contributed by atoms with Crippen molar-refractivity contribution < 1.29 is 32.9 Å². The van der Waals surface area contributed by atoms with Crippen molar-refractivity contribution in [2.75, 3.05) is 40.9 Å². The van der Waals surface area contributed by atoms with Crippen LogP contribution in [0.5, 0.6) is 0 Å². The number of allylic oxidation sites excluding steroid dienone is 7. The Hall–Kier alpha value is -1.54. The normalized spacial score (nSPS) is 13.8. The Balaban J connectivity index is 4.01. The van der Waals surface area contributed by atoms with Gasteiger partial charge in [0, 0.05) is 6.42 Å². The summed E-state index contributed by atoms with van der Waals surface area (Å²) in [6, 6.07) is -0.911. The zero-order chi connectivity index (χ0) is 62.6. The number of likely N-dealkylation sites (N-methyl/N-ethyl adjacent to an activating group) is 1. The molecule has 0 aliphatic heterocycles. The van der Waals surface area contributed by atoms with Crippen molar-refractivity contribution in [3.05, 3.63) is 48.6 Å². The number of phosphoric acid groups is 1. The van der Waals surface area contributed by atoms with Crippen LogP contribution in [0, 0.1) is 0 Å². The summed E-state index contributed by atoms with van der Waals surface area (Å²) in [6.45, 7) is 4.68. The van der Waals surface area contributed by atoms with E-state index in [-0.39, 0.29) is 12.5 Å². The average molecular weight is 1230 g/mol. The number of aliphatic hydroxyl groups excluding tert-OH is 1. The highest BCUT2D eigenvalue weighted by Gasteiger charge is 2.23. The topological polar surface area (TPSA) is 108 Å². The molecule has 86 heavy (non-hydrogen) atoms. The van der Waals surface area contributed by atoms with Crippen molar-refractivity contribution in [1.82, 2.24) is 5.32 Å². The first-order valence-electron chi connectivity index (χ1n) is 38.0. The van der Waals surface area contributed by atoms with E-state index in [2.05, 4.69) is 55.6 Å². The largest absolute Gasteiger partial charge is 0.756 e. The summed E-state index contributed by atoms with van der Waals surface area (Å²) < 4.78 is 23.5. The molecule has 0 spiro atoms. The number of phosphoric ester groups is 1. The molecule has 0 aromatic carbocycles. The molecule has 3 atom stereocenters. The Bertz CT molecular complexity index is 1540. The first kappa shape index (κ1) is 84.5. The minimum atomic E-state index is -4.62. The summed E-state index contributed by atoms with van der Waals surface area (Å²) in [5.41, 5.74) is 0. The number of nitrogens with zero attached hydrogens (tertiary/aromatic N) is 1. The molecule has 0 heterocycles. The van der Waals surface area contributed by atoms with Crippen LogP contribution in [0.1, 0.15) is 386 Å². The molecule has 0 saturated carbocycles. The first-order chi connectivity index (χ1) is 42.0. The third-order valence-electron chi connectivity index (χ3n) is 17.5. The zero-order valence-corrected chi connectivity index (χ0v) is 59.2. The number of rotatable bonds is 71. The van der Waals surface area contributed by atoms with Gasteiger partial charge in [-0.05, 0) is 70.6 Å². The fourth-order valence-corrected chi connectivity index (χ4v) is 12.3. The smallest absolute Gasteiger partial charge is 0.268 e. The second-order valence-corrected chi connectivity index (χ2v) is 28.7. The number of amides is 1. The minimum Gasteiger partial charge on any atom is -0.756 e. The number of carbonyl (C=O) groups is 1. The molecule has 3 unspecified atom stereocenters. The van der Waals surface area contributed by atoms with Crippen molar-refractivity contribution in [3.8, 4) is 0 Å². The molecular formula is C77H149N2O6P. The van der Waals surface area contributed by atoms with Crippen LogP contribution in [0.2, 0.25) is 0 Å². The van der Waals surface area contributed by atoms with Gasteiger partial charge in [-0.3, -0.25) is 9.36 Å². The number of hydrogen-bond acceptors (Lipinski definition) is 6. The Morgan fingerprint density at radius 1 is 0.395 bits per heavy atom. The molecule has 0 saturated heterocycles. The Labute approximate surface area is 537 Å². The van der Waals surface area contributed by atoms with E-state index in [0.717, 1.165) is 44.9 Å². The lowest BCUT2D eigenvalue weighted by molar-refractivity contribution is -0.870. The van der Waals surface area contributed by atoms with E-state index < -0.39 is 26.6 Å². The Morgan fingerprint density at radius 3 is 0.942 bits per heavy atom. The maximum atomic E-state index is 13.1. The van der Waals surface area contributed by atoms with Gasteiger partial charge < -0.3 is 28.8 Å². The van der Waals surface area contributed by atoms with Crippen molar-refractivity contribution in [2.45, 2.75) is 398 Å². The molecule has 0 rings (SSSR count). The molecule has 0 aliphatic carbocycles. The van der Waals surface area contributed by atoms with Crippen LogP contribution in [0.4, 0.5) is 0 Å². The van der Waals surface area contributed by atoms with E-state index in [4.69, 9.17) is 9.05 Å². The van der Waals surface area contributed by atoms with Gasteiger partial charge in [-0.15, -0.1) is 0 Å². The number of nitrogens with one attached hydrogen (secondary N) is 1. The lowest BCUT2D eigenvalue weighted by Crippen LogP contribution is -2.45. The molecule has 8 nitrogen and oxygen atoms in total. The van der Waals surface area contributed by atoms with Gasteiger partial charge in [0.25, 0.3) is 7.82 Å². The first-order valence-corrected chi connectivity index (χ1v) is 39.5. The quantitative estimate of drug-likeness (QED) is 0.0272. The monoisotopic (exact) mass is 1230 g/mol. The SMILES string of the molecule is CCCCCCCCCC/C=C\CCCCCCCCCCCCCCCCCCCCCCCCCCCC(=O)NC(COP(=O)([O-])OCC[N+](C)(C)C)C(O)/C=C/CC/C=C/CC/C=C/CCCCCCCCCCCCCCCCCCC.